The summed E-state index contributed by atoms with van der Waals surface area (Å²) in [7, 11) is 0. The standard InChI is InChI=1S/C25H19N3O5/c29-22(26-18-10-3-1-4-11-18)16-33-21-14-8-7-9-17(21)15-20-23(30)27-25(32)28(24(20)31)19-12-5-2-6-13-19/h1-15H,16H2,(H,26,29)(H,27,30,32)/b20-15+. The number of para-hydroxylation sites is 3. The molecule has 0 radical (unpaired) electrons. The summed E-state index contributed by atoms with van der Waals surface area (Å²) in [6.45, 7) is -0.274. The van der Waals surface area contributed by atoms with Crippen molar-refractivity contribution >= 4 is 41.2 Å². The van der Waals surface area contributed by atoms with Gasteiger partial charge in [-0.3, -0.25) is 19.7 Å². The highest BCUT2D eigenvalue weighted by Crippen LogP contribution is 2.25. The van der Waals surface area contributed by atoms with Gasteiger partial charge in [-0.2, -0.15) is 0 Å². The Bertz CT molecular complexity index is 1240. The zero-order valence-corrected chi connectivity index (χ0v) is 17.4. The molecule has 0 atom stereocenters. The summed E-state index contributed by atoms with van der Waals surface area (Å²) >= 11 is 0. The van der Waals surface area contributed by atoms with Crippen molar-refractivity contribution in [3.05, 3.63) is 96.1 Å². The molecule has 0 aromatic heterocycles. The molecule has 0 saturated carbocycles. The van der Waals surface area contributed by atoms with Gasteiger partial charge in [0.1, 0.15) is 11.3 Å². The Balaban J connectivity index is 1.55. The van der Waals surface area contributed by atoms with E-state index in [-0.39, 0.29) is 18.1 Å². The fraction of sp³-hybridized carbons (Fsp3) is 0.0400. The maximum Gasteiger partial charge on any atom is 0.335 e. The van der Waals surface area contributed by atoms with E-state index in [1.807, 2.05) is 6.07 Å². The van der Waals surface area contributed by atoms with Crippen molar-refractivity contribution in [3.63, 3.8) is 0 Å². The summed E-state index contributed by atoms with van der Waals surface area (Å²) in [6, 6.07) is 23.1. The van der Waals surface area contributed by atoms with Crippen LogP contribution in [0.5, 0.6) is 5.75 Å². The molecule has 0 bridgehead atoms. The van der Waals surface area contributed by atoms with E-state index in [1.165, 1.54) is 6.08 Å². The molecule has 8 nitrogen and oxygen atoms in total. The fourth-order valence-electron chi connectivity index (χ4n) is 3.22. The molecule has 1 heterocycles. The molecule has 164 valence electrons. The molecule has 4 rings (SSSR count). The maximum atomic E-state index is 13.0. The van der Waals surface area contributed by atoms with E-state index >= 15 is 0 Å². The number of urea groups is 1. The molecule has 0 aliphatic carbocycles. The lowest BCUT2D eigenvalue weighted by Gasteiger charge is -2.26. The molecule has 33 heavy (non-hydrogen) atoms. The Labute approximate surface area is 189 Å². The van der Waals surface area contributed by atoms with Crippen LogP contribution in [0.2, 0.25) is 0 Å². The maximum absolute atomic E-state index is 13.0. The van der Waals surface area contributed by atoms with Crippen LogP contribution in [0.1, 0.15) is 5.56 Å². The van der Waals surface area contributed by atoms with Crippen molar-refractivity contribution in [3.8, 4) is 5.75 Å². The fourth-order valence-corrected chi connectivity index (χ4v) is 3.22. The van der Waals surface area contributed by atoms with E-state index in [1.54, 1.807) is 78.9 Å². The number of carbonyl (C=O) groups is 4. The number of imide groups is 2. The number of amides is 5. The Morgan fingerprint density at radius 3 is 2.24 bits per heavy atom. The van der Waals surface area contributed by atoms with Crippen LogP contribution in [0.15, 0.2) is 90.5 Å². The number of nitrogens with zero attached hydrogens (tertiary/aromatic N) is 1. The molecular formula is C25H19N3O5. The van der Waals surface area contributed by atoms with Gasteiger partial charge in [0.15, 0.2) is 6.61 Å². The summed E-state index contributed by atoms with van der Waals surface area (Å²) < 4.78 is 5.64. The quantitative estimate of drug-likeness (QED) is 0.451. The average molecular weight is 441 g/mol. The van der Waals surface area contributed by atoms with E-state index < -0.39 is 17.8 Å². The Morgan fingerprint density at radius 2 is 1.52 bits per heavy atom. The second-order valence-corrected chi connectivity index (χ2v) is 7.03. The predicted molar refractivity (Wildman–Crippen MR) is 122 cm³/mol. The predicted octanol–water partition coefficient (Wildman–Crippen LogP) is 3.37. The summed E-state index contributed by atoms with van der Waals surface area (Å²) in [4.78, 5) is 50.8. The van der Waals surface area contributed by atoms with Crippen LogP contribution in [0.25, 0.3) is 6.08 Å². The van der Waals surface area contributed by atoms with E-state index in [0.717, 1.165) is 4.90 Å². The first-order chi connectivity index (χ1) is 16.0. The van der Waals surface area contributed by atoms with Crippen molar-refractivity contribution in [2.75, 3.05) is 16.8 Å². The first kappa shape index (κ1) is 21.5. The highest BCUT2D eigenvalue weighted by molar-refractivity contribution is 6.39. The minimum atomic E-state index is -0.824. The third kappa shape index (κ3) is 4.96. The zero-order valence-electron chi connectivity index (χ0n) is 17.4. The molecular weight excluding hydrogens is 422 g/mol. The smallest absolute Gasteiger partial charge is 0.335 e. The lowest BCUT2D eigenvalue weighted by molar-refractivity contribution is -0.122. The van der Waals surface area contributed by atoms with Crippen LogP contribution in [0.4, 0.5) is 16.2 Å². The average Bonchev–Trinajstić information content (AvgIpc) is 2.82. The van der Waals surface area contributed by atoms with Crippen LogP contribution < -0.4 is 20.3 Å². The van der Waals surface area contributed by atoms with Crippen LogP contribution in [-0.4, -0.2) is 30.4 Å². The van der Waals surface area contributed by atoms with Crippen molar-refractivity contribution < 1.29 is 23.9 Å². The molecule has 5 amide bonds. The molecule has 3 aromatic rings. The van der Waals surface area contributed by atoms with Crippen molar-refractivity contribution in [1.29, 1.82) is 0 Å². The van der Waals surface area contributed by atoms with E-state index in [0.29, 0.717) is 22.7 Å². The Hall–Kier alpha value is -4.72. The van der Waals surface area contributed by atoms with Crippen molar-refractivity contribution in [2.45, 2.75) is 0 Å². The summed E-state index contributed by atoms with van der Waals surface area (Å²) in [6.07, 6.45) is 1.34. The topological polar surface area (TPSA) is 105 Å². The number of barbiturate groups is 1. The van der Waals surface area contributed by atoms with Gasteiger partial charge in [0.25, 0.3) is 17.7 Å². The van der Waals surface area contributed by atoms with Crippen LogP contribution >= 0.6 is 0 Å². The third-order valence-electron chi connectivity index (χ3n) is 4.75. The minimum Gasteiger partial charge on any atom is -0.483 e. The molecule has 0 spiro atoms. The van der Waals surface area contributed by atoms with Crippen LogP contribution in [0, 0.1) is 0 Å². The second-order valence-electron chi connectivity index (χ2n) is 7.03. The van der Waals surface area contributed by atoms with E-state index in [9.17, 15) is 19.2 Å². The normalized spacial score (nSPS) is 14.7. The molecule has 1 aliphatic rings. The zero-order chi connectivity index (χ0) is 23.2. The van der Waals surface area contributed by atoms with Gasteiger partial charge in [0.05, 0.1) is 5.69 Å². The van der Waals surface area contributed by atoms with E-state index in [4.69, 9.17) is 4.74 Å². The SMILES string of the molecule is O=C(COc1ccccc1/C=C1\C(=O)NC(=O)N(c2ccccc2)C1=O)Nc1ccccc1. The van der Waals surface area contributed by atoms with Crippen LogP contribution in [0.3, 0.4) is 0 Å². The number of anilines is 2. The van der Waals surface area contributed by atoms with Crippen LogP contribution in [-0.2, 0) is 14.4 Å². The third-order valence-corrected chi connectivity index (χ3v) is 4.75. The van der Waals surface area contributed by atoms with Gasteiger partial charge in [-0.05, 0) is 36.4 Å². The van der Waals surface area contributed by atoms with Gasteiger partial charge in [-0.1, -0.05) is 54.6 Å². The molecule has 8 heteroatoms. The Kier molecular flexibility index (Phi) is 6.26. The number of hydrogen-bond acceptors (Lipinski definition) is 5. The summed E-state index contributed by atoms with van der Waals surface area (Å²) in [5, 5.41) is 4.89. The van der Waals surface area contributed by atoms with Gasteiger partial charge in [0, 0.05) is 11.3 Å². The van der Waals surface area contributed by atoms with Gasteiger partial charge < -0.3 is 10.1 Å². The van der Waals surface area contributed by atoms with Crippen molar-refractivity contribution in [2.24, 2.45) is 0 Å². The van der Waals surface area contributed by atoms with Gasteiger partial charge in [-0.25, -0.2) is 9.69 Å². The highest BCUT2D eigenvalue weighted by Gasteiger charge is 2.36. The highest BCUT2D eigenvalue weighted by atomic mass is 16.5. The molecule has 1 saturated heterocycles. The number of benzene rings is 3. The molecule has 1 aliphatic heterocycles. The number of hydrogen-bond donors (Lipinski definition) is 2. The van der Waals surface area contributed by atoms with E-state index in [2.05, 4.69) is 10.6 Å². The number of rotatable bonds is 6. The molecule has 3 aromatic carbocycles. The number of ether oxygens (including phenoxy) is 1. The Morgan fingerprint density at radius 1 is 0.879 bits per heavy atom. The first-order valence-corrected chi connectivity index (χ1v) is 10.1. The minimum absolute atomic E-state index is 0.233. The lowest BCUT2D eigenvalue weighted by Crippen LogP contribution is -2.54. The number of carbonyl (C=O) groups excluding carboxylic acids is 4. The van der Waals surface area contributed by atoms with Gasteiger partial charge in [0.2, 0.25) is 0 Å². The molecule has 2 N–H and O–H groups in total. The molecule has 0 unspecified atom stereocenters. The number of nitrogens with one attached hydrogen (secondary N) is 2. The van der Waals surface area contributed by atoms with Crippen molar-refractivity contribution in [1.82, 2.24) is 5.32 Å². The van der Waals surface area contributed by atoms with Gasteiger partial charge in [-0.15, -0.1) is 0 Å². The largest absolute Gasteiger partial charge is 0.483 e. The summed E-state index contributed by atoms with van der Waals surface area (Å²) in [5.74, 6) is -1.63. The summed E-state index contributed by atoms with van der Waals surface area (Å²) in [5.41, 5.74) is 1.14. The first-order valence-electron chi connectivity index (χ1n) is 10.1. The molecule has 1 fully saturated rings. The monoisotopic (exact) mass is 441 g/mol. The van der Waals surface area contributed by atoms with Gasteiger partial charge >= 0.3 is 6.03 Å². The lowest BCUT2D eigenvalue weighted by atomic mass is 10.1. The second kappa shape index (κ2) is 9.61.